The first-order chi connectivity index (χ1) is 12.8. The van der Waals surface area contributed by atoms with Crippen molar-refractivity contribution in [3.8, 4) is 0 Å². The zero-order valence-corrected chi connectivity index (χ0v) is 16.2. The second-order valence-corrected chi connectivity index (χ2v) is 8.76. The molecule has 0 aliphatic carbocycles. The number of rotatable bonds is 10. The summed E-state index contributed by atoms with van der Waals surface area (Å²) in [6, 6.07) is 16.6. The third-order valence-corrected chi connectivity index (χ3v) is 4.95. The van der Waals surface area contributed by atoms with Crippen LogP contribution >= 0.6 is 0 Å². The van der Waals surface area contributed by atoms with E-state index in [2.05, 4.69) is 17.4 Å². The minimum absolute atomic E-state index is 0.0902. The molecule has 0 spiro atoms. The van der Waals surface area contributed by atoms with Crippen molar-refractivity contribution in [3.05, 3.63) is 65.7 Å². The first-order valence-corrected chi connectivity index (χ1v) is 10.8. The van der Waals surface area contributed by atoms with Crippen LogP contribution in [0.25, 0.3) is 0 Å². The van der Waals surface area contributed by atoms with Crippen molar-refractivity contribution in [1.29, 1.82) is 0 Å². The van der Waals surface area contributed by atoms with E-state index in [1.54, 1.807) is 6.07 Å². The standard InChI is InChI=1S/C20H26N2O4S/c1-27(24,25)13-11-19(21)20(23)22-18-9-5-8-17(14-18)15-26-12-10-16-6-3-2-4-7-16/h2-9,14,19H,10-13,15,21H2,1H3,(H,22,23). The first kappa shape index (κ1) is 21.1. The fraction of sp³-hybridized carbons (Fsp3) is 0.350. The molecule has 7 heteroatoms. The van der Waals surface area contributed by atoms with E-state index >= 15 is 0 Å². The third-order valence-electron chi connectivity index (χ3n) is 3.98. The predicted octanol–water partition coefficient (Wildman–Crippen LogP) is 2.15. The minimum Gasteiger partial charge on any atom is -0.376 e. The van der Waals surface area contributed by atoms with E-state index in [0.29, 0.717) is 18.9 Å². The van der Waals surface area contributed by atoms with Gasteiger partial charge in [0.2, 0.25) is 5.91 Å². The van der Waals surface area contributed by atoms with Gasteiger partial charge in [0.15, 0.2) is 0 Å². The maximum absolute atomic E-state index is 12.1. The molecule has 146 valence electrons. The average Bonchev–Trinajstić information content (AvgIpc) is 2.64. The number of carbonyl (C=O) groups excluding carboxylic acids is 1. The fourth-order valence-corrected chi connectivity index (χ4v) is 3.15. The number of nitrogens with two attached hydrogens (primary N) is 1. The Balaban J connectivity index is 1.79. The highest BCUT2D eigenvalue weighted by atomic mass is 32.2. The average molecular weight is 391 g/mol. The number of hydrogen-bond acceptors (Lipinski definition) is 5. The molecule has 0 fully saturated rings. The van der Waals surface area contributed by atoms with Crippen molar-refractivity contribution in [2.24, 2.45) is 5.73 Å². The van der Waals surface area contributed by atoms with E-state index in [1.807, 2.05) is 36.4 Å². The molecular formula is C20H26N2O4S. The number of ether oxygens (including phenoxy) is 1. The molecule has 0 aliphatic heterocycles. The molecule has 1 amide bonds. The molecule has 1 unspecified atom stereocenters. The van der Waals surface area contributed by atoms with Crippen LogP contribution in [0.4, 0.5) is 5.69 Å². The summed E-state index contributed by atoms with van der Waals surface area (Å²) >= 11 is 0. The molecule has 0 radical (unpaired) electrons. The summed E-state index contributed by atoms with van der Waals surface area (Å²) in [5.74, 6) is -0.516. The summed E-state index contributed by atoms with van der Waals surface area (Å²) in [5, 5.41) is 2.72. The highest BCUT2D eigenvalue weighted by molar-refractivity contribution is 7.90. The Morgan fingerprint density at radius 1 is 1.11 bits per heavy atom. The van der Waals surface area contributed by atoms with Gasteiger partial charge in [0.05, 0.1) is 25.0 Å². The molecule has 3 N–H and O–H groups in total. The SMILES string of the molecule is CS(=O)(=O)CCC(N)C(=O)Nc1cccc(COCCc2ccccc2)c1. The summed E-state index contributed by atoms with van der Waals surface area (Å²) in [7, 11) is -3.14. The second-order valence-electron chi connectivity index (χ2n) is 6.50. The van der Waals surface area contributed by atoms with Crippen LogP contribution in [0, 0.1) is 0 Å². The van der Waals surface area contributed by atoms with Crippen LogP contribution in [-0.4, -0.2) is 39.0 Å². The largest absolute Gasteiger partial charge is 0.376 e. The number of anilines is 1. The molecule has 6 nitrogen and oxygen atoms in total. The fourth-order valence-electron chi connectivity index (χ4n) is 2.47. The second kappa shape index (κ2) is 10.2. The van der Waals surface area contributed by atoms with Crippen molar-refractivity contribution in [3.63, 3.8) is 0 Å². The van der Waals surface area contributed by atoms with Crippen molar-refractivity contribution in [1.82, 2.24) is 0 Å². The smallest absolute Gasteiger partial charge is 0.241 e. The maximum atomic E-state index is 12.1. The number of sulfone groups is 1. The highest BCUT2D eigenvalue weighted by Crippen LogP contribution is 2.13. The maximum Gasteiger partial charge on any atom is 0.241 e. The quantitative estimate of drug-likeness (QED) is 0.606. The van der Waals surface area contributed by atoms with Crippen LogP contribution in [0.15, 0.2) is 54.6 Å². The van der Waals surface area contributed by atoms with Gasteiger partial charge >= 0.3 is 0 Å². The summed E-state index contributed by atoms with van der Waals surface area (Å²) in [6.45, 7) is 1.05. The summed E-state index contributed by atoms with van der Waals surface area (Å²) in [5.41, 5.74) is 8.53. The Morgan fingerprint density at radius 3 is 2.52 bits per heavy atom. The van der Waals surface area contributed by atoms with Crippen LogP contribution in [0.2, 0.25) is 0 Å². The van der Waals surface area contributed by atoms with Gasteiger partial charge in [-0.25, -0.2) is 8.42 Å². The van der Waals surface area contributed by atoms with E-state index in [4.69, 9.17) is 10.5 Å². The lowest BCUT2D eigenvalue weighted by atomic mass is 10.1. The van der Waals surface area contributed by atoms with Crippen LogP contribution in [0.1, 0.15) is 17.5 Å². The van der Waals surface area contributed by atoms with Crippen LogP contribution in [0.3, 0.4) is 0 Å². The topological polar surface area (TPSA) is 98.5 Å². The lowest BCUT2D eigenvalue weighted by Gasteiger charge is -2.12. The van der Waals surface area contributed by atoms with Crippen molar-refractivity contribution in [2.45, 2.75) is 25.5 Å². The Kier molecular flexibility index (Phi) is 7.97. The van der Waals surface area contributed by atoms with E-state index in [1.165, 1.54) is 5.56 Å². The van der Waals surface area contributed by atoms with E-state index in [0.717, 1.165) is 18.2 Å². The summed E-state index contributed by atoms with van der Waals surface area (Å²) in [4.78, 5) is 12.1. The van der Waals surface area contributed by atoms with E-state index in [9.17, 15) is 13.2 Å². The minimum atomic E-state index is -3.14. The number of benzene rings is 2. The van der Waals surface area contributed by atoms with Crippen molar-refractivity contribution < 1.29 is 17.9 Å². The molecule has 2 rings (SSSR count). The molecule has 1 atom stereocenters. The summed E-state index contributed by atoms with van der Waals surface area (Å²) < 4.78 is 28.1. The monoisotopic (exact) mass is 390 g/mol. The molecule has 2 aromatic rings. The van der Waals surface area contributed by atoms with E-state index in [-0.39, 0.29) is 12.2 Å². The number of hydrogen-bond donors (Lipinski definition) is 2. The van der Waals surface area contributed by atoms with Gasteiger partial charge in [-0.2, -0.15) is 0 Å². The van der Waals surface area contributed by atoms with Gasteiger partial charge < -0.3 is 15.8 Å². The van der Waals surface area contributed by atoms with Gasteiger partial charge in [0.1, 0.15) is 9.84 Å². The first-order valence-electron chi connectivity index (χ1n) is 8.78. The number of carbonyl (C=O) groups is 1. The molecular weight excluding hydrogens is 364 g/mol. The molecule has 2 aromatic carbocycles. The molecule has 27 heavy (non-hydrogen) atoms. The molecule has 0 saturated heterocycles. The Labute approximate surface area is 160 Å². The van der Waals surface area contributed by atoms with Gasteiger partial charge in [-0.1, -0.05) is 42.5 Å². The van der Waals surface area contributed by atoms with Crippen molar-refractivity contribution >= 4 is 21.4 Å². The zero-order valence-electron chi connectivity index (χ0n) is 15.4. The molecule has 0 saturated carbocycles. The molecule has 0 aromatic heterocycles. The predicted molar refractivity (Wildman–Crippen MR) is 107 cm³/mol. The number of nitrogens with one attached hydrogen (secondary N) is 1. The van der Waals surface area contributed by atoms with Gasteiger partial charge in [-0.05, 0) is 36.1 Å². The van der Waals surface area contributed by atoms with Gasteiger partial charge in [0, 0.05) is 11.9 Å². The van der Waals surface area contributed by atoms with Gasteiger partial charge in [-0.15, -0.1) is 0 Å². The highest BCUT2D eigenvalue weighted by Gasteiger charge is 2.16. The van der Waals surface area contributed by atoms with E-state index < -0.39 is 21.8 Å². The normalized spacial score (nSPS) is 12.5. The van der Waals surface area contributed by atoms with Gasteiger partial charge in [-0.3, -0.25) is 4.79 Å². The van der Waals surface area contributed by atoms with Crippen LogP contribution in [0.5, 0.6) is 0 Å². The van der Waals surface area contributed by atoms with Gasteiger partial charge in [0.25, 0.3) is 0 Å². The Hall–Kier alpha value is -2.22. The zero-order chi connectivity index (χ0) is 19.7. The molecule has 0 bridgehead atoms. The lowest BCUT2D eigenvalue weighted by molar-refractivity contribution is -0.117. The number of amides is 1. The van der Waals surface area contributed by atoms with Crippen LogP contribution in [-0.2, 0) is 32.4 Å². The van der Waals surface area contributed by atoms with Crippen LogP contribution < -0.4 is 11.1 Å². The van der Waals surface area contributed by atoms with Crippen molar-refractivity contribution in [2.75, 3.05) is 23.9 Å². The molecule has 0 heterocycles. The Bertz CT molecular complexity index is 838. The molecule has 0 aliphatic rings. The Morgan fingerprint density at radius 2 is 1.81 bits per heavy atom. The lowest BCUT2D eigenvalue weighted by Crippen LogP contribution is -2.37. The summed E-state index contributed by atoms with van der Waals surface area (Å²) in [6.07, 6.45) is 2.05. The third kappa shape index (κ3) is 8.34.